The lowest BCUT2D eigenvalue weighted by Gasteiger charge is -2.04. The number of hydrogen-bond donors (Lipinski definition) is 2. The fourth-order valence-corrected chi connectivity index (χ4v) is 2.87. The van der Waals surface area contributed by atoms with Crippen molar-refractivity contribution in [3.63, 3.8) is 0 Å². The minimum absolute atomic E-state index is 0.337. The van der Waals surface area contributed by atoms with E-state index in [1.165, 1.54) is 0 Å². The Morgan fingerprint density at radius 1 is 1.17 bits per heavy atom. The van der Waals surface area contributed by atoms with E-state index in [9.17, 15) is 4.79 Å². The molecule has 0 saturated heterocycles. The van der Waals surface area contributed by atoms with Crippen LogP contribution in [0.1, 0.15) is 35.5 Å². The molecule has 2 aromatic carbocycles. The molecule has 1 amide bonds. The van der Waals surface area contributed by atoms with E-state index >= 15 is 0 Å². The summed E-state index contributed by atoms with van der Waals surface area (Å²) >= 11 is 0. The van der Waals surface area contributed by atoms with E-state index in [2.05, 4.69) is 20.7 Å². The van der Waals surface area contributed by atoms with Crippen LogP contribution in [0.2, 0.25) is 0 Å². The Morgan fingerprint density at radius 2 is 1.90 bits per heavy atom. The average Bonchev–Trinajstić information content (AvgIpc) is 3.11. The molecule has 6 nitrogen and oxygen atoms in total. The van der Waals surface area contributed by atoms with Gasteiger partial charge in [0.2, 0.25) is 0 Å². The highest BCUT2D eigenvalue weighted by atomic mass is 16.5. The van der Waals surface area contributed by atoms with E-state index in [0.717, 1.165) is 33.7 Å². The van der Waals surface area contributed by atoms with Crippen LogP contribution in [0, 0.1) is 6.92 Å². The van der Waals surface area contributed by atoms with Crippen LogP contribution in [-0.2, 0) is 0 Å². The Kier molecular flexibility index (Phi) is 6.58. The van der Waals surface area contributed by atoms with Crippen LogP contribution in [0.4, 0.5) is 0 Å². The second kappa shape index (κ2) is 9.50. The minimum atomic E-state index is -0.337. The van der Waals surface area contributed by atoms with Gasteiger partial charge in [0.1, 0.15) is 11.4 Å². The fraction of sp³-hybridized carbons (Fsp3) is 0.174. The summed E-state index contributed by atoms with van der Waals surface area (Å²) in [4.78, 5) is 12.5. The molecule has 0 radical (unpaired) electrons. The van der Waals surface area contributed by atoms with E-state index in [1.807, 2.05) is 81.4 Å². The number of nitrogens with zero attached hydrogens (tertiary/aromatic N) is 2. The number of aromatic nitrogens is 2. The second-order valence-electron chi connectivity index (χ2n) is 6.53. The lowest BCUT2D eigenvalue weighted by molar-refractivity contribution is 0.0949. The number of H-pyrrole nitrogens is 1. The molecule has 0 atom stereocenters. The largest absolute Gasteiger partial charge is 0.494 e. The van der Waals surface area contributed by atoms with E-state index < -0.39 is 0 Å². The highest BCUT2D eigenvalue weighted by Crippen LogP contribution is 2.25. The monoisotopic (exact) mass is 388 g/mol. The van der Waals surface area contributed by atoms with Crippen molar-refractivity contribution in [3.8, 4) is 17.0 Å². The van der Waals surface area contributed by atoms with Crippen molar-refractivity contribution in [2.24, 2.45) is 5.10 Å². The van der Waals surface area contributed by atoms with E-state index in [0.29, 0.717) is 12.3 Å². The Hall–Kier alpha value is -3.67. The van der Waals surface area contributed by atoms with Crippen molar-refractivity contribution in [1.29, 1.82) is 0 Å². The normalized spacial score (nSPS) is 11.6. The Labute approximate surface area is 170 Å². The van der Waals surface area contributed by atoms with Gasteiger partial charge in [0.25, 0.3) is 5.91 Å². The van der Waals surface area contributed by atoms with Crippen LogP contribution in [0.15, 0.2) is 65.3 Å². The molecular formula is C23H24N4O2. The molecule has 0 fully saturated rings. The molecule has 1 aromatic heterocycles. The Bertz CT molecular complexity index is 1020. The zero-order valence-electron chi connectivity index (χ0n) is 16.8. The van der Waals surface area contributed by atoms with Crippen LogP contribution in [0.3, 0.4) is 0 Å². The lowest BCUT2D eigenvalue weighted by Crippen LogP contribution is -2.19. The molecule has 0 aliphatic carbocycles. The predicted octanol–water partition coefficient (Wildman–Crippen LogP) is 4.60. The molecule has 2 N–H and O–H groups in total. The highest BCUT2D eigenvalue weighted by Gasteiger charge is 2.16. The van der Waals surface area contributed by atoms with Gasteiger partial charge in [-0.05, 0) is 56.2 Å². The van der Waals surface area contributed by atoms with Gasteiger partial charge in [-0.1, -0.05) is 36.4 Å². The summed E-state index contributed by atoms with van der Waals surface area (Å²) in [5.41, 5.74) is 7.33. The first-order valence-corrected chi connectivity index (χ1v) is 9.43. The third-order valence-electron chi connectivity index (χ3n) is 4.30. The van der Waals surface area contributed by atoms with E-state index in [4.69, 9.17) is 4.74 Å². The number of benzene rings is 2. The summed E-state index contributed by atoms with van der Waals surface area (Å²) in [7, 11) is 0. The number of carbonyl (C=O) groups is 1. The number of amides is 1. The molecule has 0 saturated carbocycles. The maximum Gasteiger partial charge on any atom is 0.289 e. The number of hydrazone groups is 1. The van der Waals surface area contributed by atoms with Gasteiger partial charge in [0.15, 0.2) is 0 Å². The van der Waals surface area contributed by atoms with Gasteiger partial charge in [0, 0.05) is 11.1 Å². The van der Waals surface area contributed by atoms with E-state index in [1.54, 1.807) is 6.21 Å². The summed E-state index contributed by atoms with van der Waals surface area (Å²) in [6.45, 7) is 6.34. The third kappa shape index (κ3) is 5.19. The Morgan fingerprint density at radius 3 is 2.59 bits per heavy atom. The second-order valence-corrected chi connectivity index (χ2v) is 6.53. The standard InChI is InChI=1S/C23H24N4O2/c1-4-29-20-12-10-19(11-13-20)21-17(3)22(26-25-21)23(28)27-24-15-16(2)14-18-8-6-5-7-9-18/h5-15H,4H2,1-3H3,(H,25,26)(H,27,28)/b16-14+,24-15+. The first-order valence-electron chi connectivity index (χ1n) is 9.43. The molecule has 29 heavy (non-hydrogen) atoms. The quantitative estimate of drug-likeness (QED) is 0.458. The molecule has 148 valence electrons. The van der Waals surface area contributed by atoms with Crippen molar-refractivity contribution >= 4 is 18.2 Å². The summed E-state index contributed by atoms with van der Waals surface area (Å²) < 4.78 is 5.46. The number of ether oxygens (including phenoxy) is 1. The predicted molar refractivity (Wildman–Crippen MR) is 116 cm³/mol. The van der Waals surface area contributed by atoms with Crippen molar-refractivity contribution in [1.82, 2.24) is 15.6 Å². The van der Waals surface area contributed by atoms with Crippen molar-refractivity contribution < 1.29 is 9.53 Å². The number of nitrogens with one attached hydrogen (secondary N) is 2. The molecule has 1 heterocycles. The zero-order valence-corrected chi connectivity index (χ0v) is 16.8. The molecule has 0 aliphatic heterocycles. The molecule has 3 rings (SSSR count). The van der Waals surface area contributed by atoms with Crippen molar-refractivity contribution in [2.45, 2.75) is 20.8 Å². The Balaban J connectivity index is 1.66. The van der Waals surface area contributed by atoms with Gasteiger partial charge < -0.3 is 4.74 Å². The summed E-state index contributed by atoms with van der Waals surface area (Å²) in [5.74, 6) is 0.464. The first kappa shape index (κ1) is 20.1. The first-order chi connectivity index (χ1) is 14.1. The van der Waals surface area contributed by atoms with Crippen LogP contribution < -0.4 is 10.2 Å². The van der Waals surface area contributed by atoms with Gasteiger partial charge in [-0.15, -0.1) is 0 Å². The number of rotatable bonds is 7. The number of aromatic amines is 1. The van der Waals surface area contributed by atoms with Gasteiger partial charge in [0.05, 0.1) is 18.5 Å². The van der Waals surface area contributed by atoms with Gasteiger partial charge in [-0.3, -0.25) is 9.89 Å². The van der Waals surface area contributed by atoms with Crippen LogP contribution >= 0.6 is 0 Å². The zero-order chi connectivity index (χ0) is 20.6. The summed E-state index contributed by atoms with van der Waals surface area (Å²) in [5, 5.41) is 11.1. The number of hydrogen-bond acceptors (Lipinski definition) is 4. The van der Waals surface area contributed by atoms with Crippen LogP contribution in [0.5, 0.6) is 5.75 Å². The minimum Gasteiger partial charge on any atom is -0.494 e. The number of carbonyl (C=O) groups excluding carboxylic acids is 1. The van der Waals surface area contributed by atoms with Crippen LogP contribution in [-0.4, -0.2) is 28.9 Å². The third-order valence-corrected chi connectivity index (χ3v) is 4.30. The molecule has 3 aromatic rings. The average molecular weight is 388 g/mol. The van der Waals surface area contributed by atoms with Gasteiger partial charge >= 0.3 is 0 Å². The molecule has 6 heteroatoms. The summed E-state index contributed by atoms with van der Waals surface area (Å²) in [6.07, 6.45) is 3.60. The molecule has 0 spiro atoms. The number of allylic oxidation sites excluding steroid dienone is 1. The van der Waals surface area contributed by atoms with Gasteiger partial charge in [-0.2, -0.15) is 10.2 Å². The maximum atomic E-state index is 12.5. The van der Waals surface area contributed by atoms with Gasteiger partial charge in [-0.25, -0.2) is 5.43 Å². The summed E-state index contributed by atoms with van der Waals surface area (Å²) in [6, 6.07) is 17.5. The van der Waals surface area contributed by atoms with E-state index in [-0.39, 0.29) is 5.91 Å². The smallest absolute Gasteiger partial charge is 0.289 e. The maximum absolute atomic E-state index is 12.5. The fourth-order valence-electron chi connectivity index (χ4n) is 2.87. The SMILES string of the molecule is CCOc1ccc(-c2n[nH]c(C(=O)N/N=C/C(C)=C/c3ccccc3)c2C)cc1. The topological polar surface area (TPSA) is 79.4 Å². The molecule has 0 unspecified atom stereocenters. The van der Waals surface area contributed by atoms with Crippen molar-refractivity contribution in [3.05, 3.63) is 77.0 Å². The van der Waals surface area contributed by atoms with Crippen LogP contribution in [0.25, 0.3) is 17.3 Å². The molecule has 0 bridgehead atoms. The highest BCUT2D eigenvalue weighted by molar-refractivity contribution is 5.96. The lowest BCUT2D eigenvalue weighted by atomic mass is 10.1. The van der Waals surface area contributed by atoms with Crippen molar-refractivity contribution in [2.75, 3.05) is 6.61 Å². The molecule has 0 aliphatic rings. The molecular weight excluding hydrogens is 364 g/mol.